The van der Waals surface area contributed by atoms with E-state index in [9.17, 15) is 4.79 Å². The molecule has 7 heteroatoms. The third kappa shape index (κ3) is 4.52. The molecule has 29 heavy (non-hydrogen) atoms. The Kier molecular flexibility index (Phi) is 5.39. The van der Waals surface area contributed by atoms with Gasteiger partial charge in [-0.15, -0.1) is 0 Å². The number of benzene rings is 2. The first kappa shape index (κ1) is 18.9. The molecule has 1 saturated heterocycles. The van der Waals surface area contributed by atoms with Gasteiger partial charge in [0.05, 0.1) is 18.4 Å². The SMILES string of the molecule is N=C(C(=O)Nc1cnn(Cc2cccc(CN3CCC3)c2)c1)c1ccccc1N. The molecule has 3 aromatic rings. The lowest BCUT2D eigenvalue weighted by Gasteiger charge is -2.30. The number of hydrogen-bond donors (Lipinski definition) is 3. The normalized spacial score (nSPS) is 13.7. The van der Waals surface area contributed by atoms with E-state index in [1.165, 1.54) is 25.1 Å². The van der Waals surface area contributed by atoms with E-state index >= 15 is 0 Å². The summed E-state index contributed by atoms with van der Waals surface area (Å²) in [6.07, 6.45) is 4.64. The van der Waals surface area contributed by atoms with Crippen molar-refractivity contribution in [1.82, 2.24) is 14.7 Å². The summed E-state index contributed by atoms with van der Waals surface area (Å²) in [5.74, 6) is -0.515. The lowest BCUT2D eigenvalue weighted by Crippen LogP contribution is -2.36. The molecule has 4 N–H and O–H groups in total. The van der Waals surface area contributed by atoms with E-state index in [1.54, 1.807) is 41.3 Å². The molecule has 1 fully saturated rings. The number of nitrogens with one attached hydrogen (secondary N) is 2. The van der Waals surface area contributed by atoms with Gasteiger partial charge in [0.2, 0.25) is 0 Å². The number of anilines is 2. The second-order valence-electron chi connectivity index (χ2n) is 7.29. The predicted octanol–water partition coefficient (Wildman–Crippen LogP) is 2.73. The quantitative estimate of drug-likeness (QED) is 0.428. The molecular formula is C22H24N6O. The zero-order valence-electron chi connectivity index (χ0n) is 16.1. The van der Waals surface area contributed by atoms with E-state index in [0.29, 0.717) is 23.5 Å². The highest BCUT2D eigenvalue weighted by molar-refractivity contribution is 6.48. The molecule has 2 aromatic carbocycles. The molecule has 0 radical (unpaired) electrons. The summed E-state index contributed by atoms with van der Waals surface area (Å²) in [6.45, 7) is 3.96. The van der Waals surface area contributed by atoms with Crippen LogP contribution in [0.1, 0.15) is 23.1 Å². The monoisotopic (exact) mass is 388 g/mol. The van der Waals surface area contributed by atoms with Gasteiger partial charge in [-0.25, -0.2) is 0 Å². The number of nitrogens with two attached hydrogens (primary N) is 1. The van der Waals surface area contributed by atoms with E-state index < -0.39 is 5.91 Å². The first-order chi connectivity index (χ1) is 14.1. The van der Waals surface area contributed by atoms with Crippen LogP contribution in [0.3, 0.4) is 0 Å². The van der Waals surface area contributed by atoms with Gasteiger partial charge in [-0.2, -0.15) is 5.10 Å². The van der Waals surface area contributed by atoms with Gasteiger partial charge >= 0.3 is 0 Å². The number of carbonyl (C=O) groups excluding carboxylic acids is 1. The summed E-state index contributed by atoms with van der Waals surface area (Å²) in [6, 6.07) is 15.4. The second kappa shape index (κ2) is 8.28. The van der Waals surface area contributed by atoms with Crippen molar-refractivity contribution in [3.8, 4) is 0 Å². The summed E-state index contributed by atoms with van der Waals surface area (Å²) in [4.78, 5) is 14.8. The van der Waals surface area contributed by atoms with E-state index in [2.05, 4.69) is 39.6 Å². The van der Waals surface area contributed by atoms with E-state index in [-0.39, 0.29) is 5.71 Å². The van der Waals surface area contributed by atoms with Crippen LogP contribution in [0.5, 0.6) is 0 Å². The third-order valence-corrected chi connectivity index (χ3v) is 5.04. The van der Waals surface area contributed by atoms with Crippen LogP contribution in [0, 0.1) is 5.41 Å². The van der Waals surface area contributed by atoms with Gasteiger partial charge in [0.15, 0.2) is 0 Å². The molecule has 7 nitrogen and oxygen atoms in total. The molecule has 0 bridgehead atoms. The summed E-state index contributed by atoms with van der Waals surface area (Å²) >= 11 is 0. The molecular weight excluding hydrogens is 364 g/mol. The molecule has 0 atom stereocenters. The summed E-state index contributed by atoms with van der Waals surface area (Å²) < 4.78 is 1.78. The molecule has 1 aliphatic heterocycles. The fraction of sp³-hybridized carbons (Fsp3) is 0.227. The molecule has 148 valence electrons. The first-order valence-electron chi connectivity index (χ1n) is 9.66. The number of likely N-dealkylation sites (tertiary alicyclic amines) is 1. The highest BCUT2D eigenvalue weighted by atomic mass is 16.1. The minimum atomic E-state index is -0.515. The Bertz CT molecular complexity index is 1040. The number of carbonyl (C=O) groups is 1. The Hall–Kier alpha value is -3.45. The summed E-state index contributed by atoms with van der Waals surface area (Å²) in [7, 11) is 0. The molecule has 1 amide bonds. The fourth-order valence-electron chi connectivity index (χ4n) is 3.37. The maximum Gasteiger partial charge on any atom is 0.274 e. The van der Waals surface area contributed by atoms with Gasteiger partial charge < -0.3 is 11.1 Å². The van der Waals surface area contributed by atoms with Crippen molar-refractivity contribution in [1.29, 1.82) is 5.41 Å². The Morgan fingerprint density at radius 1 is 1.10 bits per heavy atom. The predicted molar refractivity (Wildman–Crippen MR) is 114 cm³/mol. The Labute approximate surface area is 169 Å². The molecule has 0 unspecified atom stereocenters. The van der Waals surface area contributed by atoms with Gasteiger partial charge in [0.1, 0.15) is 5.71 Å². The van der Waals surface area contributed by atoms with Crippen molar-refractivity contribution in [3.05, 3.63) is 77.6 Å². The molecule has 0 saturated carbocycles. The van der Waals surface area contributed by atoms with Gasteiger partial charge in [0.25, 0.3) is 5.91 Å². The van der Waals surface area contributed by atoms with Gasteiger partial charge in [-0.1, -0.05) is 42.5 Å². The maximum absolute atomic E-state index is 12.4. The summed E-state index contributed by atoms with van der Waals surface area (Å²) in [5.41, 5.74) is 9.51. The largest absolute Gasteiger partial charge is 0.398 e. The number of nitrogens with zero attached hydrogens (tertiary/aromatic N) is 3. The van der Waals surface area contributed by atoms with Crippen molar-refractivity contribution in [2.75, 3.05) is 24.1 Å². The van der Waals surface area contributed by atoms with Crippen molar-refractivity contribution in [2.45, 2.75) is 19.5 Å². The molecule has 0 aliphatic carbocycles. The highest BCUT2D eigenvalue weighted by Crippen LogP contribution is 2.16. The topological polar surface area (TPSA) is 100 Å². The van der Waals surface area contributed by atoms with Crippen LogP contribution in [-0.4, -0.2) is 39.4 Å². The second-order valence-corrected chi connectivity index (χ2v) is 7.29. The van der Waals surface area contributed by atoms with Crippen LogP contribution in [0.4, 0.5) is 11.4 Å². The van der Waals surface area contributed by atoms with Crippen LogP contribution < -0.4 is 11.1 Å². The lowest BCUT2D eigenvalue weighted by molar-refractivity contribution is -0.110. The van der Waals surface area contributed by atoms with Crippen LogP contribution in [0.25, 0.3) is 0 Å². The minimum absolute atomic E-state index is 0.172. The van der Waals surface area contributed by atoms with Gasteiger partial charge in [-0.3, -0.25) is 19.8 Å². The first-order valence-corrected chi connectivity index (χ1v) is 9.66. The van der Waals surface area contributed by atoms with Crippen molar-refractivity contribution >= 4 is 23.0 Å². The fourth-order valence-corrected chi connectivity index (χ4v) is 3.37. The zero-order valence-corrected chi connectivity index (χ0v) is 16.1. The number of para-hydroxylation sites is 1. The third-order valence-electron chi connectivity index (χ3n) is 5.04. The molecule has 0 spiro atoms. The zero-order chi connectivity index (χ0) is 20.2. The number of nitrogen functional groups attached to an aromatic ring is 1. The van der Waals surface area contributed by atoms with E-state index in [4.69, 9.17) is 11.1 Å². The average molecular weight is 388 g/mol. The number of rotatable bonds is 7. The Morgan fingerprint density at radius 3 is 2.59 bits per heavy atom. The Balaban J connectivity index is 1.38. The van der Waals surface area contributed by atoms with E-state index in [1.807, 2.05) is 0 Å². The van der Waals surface area contributed by atoms with Crippen LogP contribution >= 0.6 is 0 Å². The van der Waals surface area contributed by atoms with Crippen molar-refractivity contribution in [3.63, 3.8) is 0 Å². The van der Waals surface area contributed by atoms with Crippen molar-refractivity contribution in [2.24, 2.45) is 0 Å². The average Bonchev–Trinajstić information content (AvgIpc) is 3.11. The van der Waals surface area contributed by atoms with Gasteiger partial charge in [-0.05, 0) is 36.7 Å². The van der Waals surface area contributed by atoms with Crippen molar-refractivity contribution < 1.29 is 4.79 Å². The number of aromatic nitrogens is 2. The molecule has 1 aliphatic rings. The maximum atomic E-state index is 12.4. The van der Waals surface area contributed by atoms with Gasteiger partial charge in [0, 0.05) is 24.0 Å². The smallest absolute Gasteiger partial charge is 0.274 e. The van der Waals surface area contributed by atoms with Crippen LogP contribution in [0.15, 0.2) is 60.9 Å². The molecule has 2 heterocycles. The van der Waals surface area contributed by atoms with E-state index in [0.717, 1.165) is 12.1 Å². The standard InChI is InChI=1S/C22H24N6O/c23-20-8-2-1-7-19(20)21(24)22(29)26-18-12-25-28(15-18)14-17-6-3-5-16(11-17)13-27-9-4-10-27/h1-3,5-8,11-12,15,24H,4,9-10,13-14,23H2,(H,26,29). The van der Waals surface area contributed by atoms with Crippen LogP contribution in [0.2, 0.25) is 0 Å². The Morgan fingerprint density at radius 2 is 1.86 bits per heavy atom. The molecule has 1 aromatic heterocycles. The highest BCUT2D eigenvalue weighted by Gasteiger charge is 2.16. The number of hydrogen-bond acceptors (Lipinski definition) is 5. The lowest BCUT2D eigenvalue weighted by atomic mass is 10.1. The van der Waals surface area contributed by atoms with Crippen LogP contribution in [-0.2, 0) is 17.9 Å². The number of amides is 1. The molecule has 4 rings (SSSR count). The summed E-state index contributed by atoms with van der Waals surface area (Å²) in [5, 5.41) is 15.1. The minimum Gasteiger partial charge on any atom is -0.398 e.